The summed E-state index contributed by atoms with van der Waals surface area (Å²) in [7, 11) is 0. The molecule has 0 unspecified atom stereocenters. The summed E-state index contributed by atoms with van der Waals surface area (Å²) in [5.74, 6) is 0.618. The van der Waals surface area contributed by atoms with E-state index in [0.717, 1.165) is 48.5 Å². The molecule has 3 aromatic carbocycles. The quantitative estimate of drug-likeness (QED) is 0.433. The summed E-state index contributed by atoms with van der Waals surface area (Å²) in [6.07, 6.45) is 0.570. The van der Waals surface area contributed by atoms with Gasteiger partial charge in [0.15, 0.2) is 0 Å². The number of aliphatic hydroxyl groups is 1. The van der Waals surface area contributed by atoms with Gasteiger partial charge in [-0.3, -0.25) is 4.79 Å². The Bertz CT molecular complexity index is 1270. The van der Waals surface area contributed by atoms with E-state index < -0.39 is 0 Å². The number of nitrogens with one attached hydrogen (secondary N) is 1. The van der Waals surface area contributed by atoms with Crippen molar-refractivity contribution in [1.82, 2.24) is 10.3 Å². The van der Waals surface area contributed by atoms with Crippen LogP contribution in [0.25, 0.3) is 10.9 Å². The van der Waals surface area contributed by atoms with Gasteiger partial charge in [-0.1, -0.05) is 66.7 Å². The topological polar surface area (TPSA) is 68.7 Å². The molecule has 0 radical (unpaired) electrons. The monoisotopic (exact) mass is 466 g/mol. The molecule has 1 atom stereocenters. The van der Waals surface area contributed by atoms with Gasteiger partial charge in [-0.2, -0.15) is 0 Å². The van der Waals surface area contributed by atoms with Gasteiger partial charge in [-0.25, -0.2) is 4.98 Å². The van der Waals surface area contributed by atoms with Crippen molar-refractivity contribution in [2.45, 2.75) is 12.5 Å². The van der Waals surface area contributed by atoms with Gasteiger partial charge in [0.05, 0.1) is 23.7 Å². The molecular weight excluding hydrogens is 436 g/mol. The second-order valence-electron chi connectivity index (χ2n) is 8.90. The van der Waals surface area contributed by atoms with E-state index in [1.54, 1.807) is 0 Å². The number of aromatic nitrogens is 1. The number of pyridine rings is 1. The number of hydrogen-bond acceptors (Lipinski definition) is 5. The Hall–Kier alpha value is -3.90. The van der Waals surface area contributed by atoms with Crippen LogP contribution in [0.2, 0.25) is 0 Å². The van der Waals surface area contributed by atoms with E-state index in [2.05, 4.69) is 39.4 Å². The van der Waals surface area contributed by atoms with E-state index in [-0.39, 0.29) is 18.6 Å². The van der Waals surface area contributed by atoms with Crippen LogP contribution in [0, 0.1) is 0 Å². The van der Waals surface area contributed by atoms with Crippen LogP contribution in [0.5, 0.6) is 0 Å². The molecule has 0 saturated carbocycles. The number of hydrogen-bond donors (Lipinski definition) is 2. The number of carbonyl (C=O) groups excluding carboxylic acids is 1. The first-order valence-electron chi connectivity index (χ1n) is 12.1. The lowest BCUT2D eigenvalue weighted by atomic mass is 10.0. The molecule has 1 fully saturated rings. The van der Waals surface area contributed by atoms with E-state index in [9.17, 15) is 9.90 Å². The van der Waals surface area contributed by atoms with E-state index in [4.69, 9.17) is 4.98 Å². The fraction of sp³-hybridized carbons (Fsp3) is 0.241. The van der Waals surface area contributed by atoms with Crippen molar-refractivity contribution in [3.63, 3.8) is 0 Å². The Morgan fingerprint density at radius 3 is 2.20 bits per heavy atom. The van der Waals surface area contributed by atoms with E-state index >= 15 is 0 Å². The lowest BCUT2D eigenvalue weighted by molar-refractivity contribution is 0.0918. The number of anilines is 2. The second kappa shape index (κ2) is 10.6. The summed E-state index contributed by atoms with van der Waals surface area (Å²) < 4.78 is 0. The number of benzene rings is 3. The lowest BCUT2D eigenvalue weighted by Crippen LogP contribution is -2.47. The van der Waals surface area contributed by atoms with Crippen molar-refractivity contribution in [2.24, 2.45) is 0 Å². The standard InChI is InChI=1S/C29H30N4O2/c34-21-23(19-22-9-3-1-4-10-22)30-29(35)26-20-28(31-27-14-8-7-13-25(26)27)33-17-15-32(16-18-33)24-11-5-2-6-12-24/h1-14,20,23,34H,15-19,21H2,(H,30,35)/t23-/m0/s1. The van der Waals surface area contributed by atoms with Gasteiger partial charge in [-0.05, 0) is 36.2 Å². The second-order valence-corrected chi connectivity index (χ2v) is 8.90. The van der Waals surface area contributed by atoms with Crippen molar-refractivity contribution in [1.29, 1.82) is 0 Å². The predicted molar refractivity (Wildman–Crippen MR) is 141 cm³/mol. The van der Waals surface area contributed by atoms with Gasteiger partial charge in [0.25, 0.3) is 5.91 Å². The maximum absolute atomic E-state index is 13.4. The molecule has 1 aliphatic rings. The summed E-state index contributed by atoms with van der Waals surface area (Å²) in [6, 6.07) is 29.6. The van der Waals surface area contributed by atoms with Crippen molar-refractivity contribution >= 4 is 28.3 Å². The number of fused-ring (bicyclic) bond motifs is 1. The Morgan fingerprint density at radius 1 is 0.857 bits per heavy atom. The van der Waals surface area contributed by atoms with Crippen molar-refractivity contribution in [2.75, 3.05) is 42.6 Å². The minimum Gasteiger partial charge on any atom is -0.394 e. The molecule has 4 aromatic rings. The summed E-state index contributed by atoms with van der Waals surface area (Å²) in [5.41, 5.74) is 3.68. The molecule has 6 nitrogen and oxygen atoms in total. The van der Waals surface area contributed by atoms with Crippen LogP contribution >= 0.6 is 0 Å². The van der Waals surface area contributed by atoms with Crippen molar-refractivity contribution in [3.05, 3.63) is 102 Å². The average Bonchev–Trinajstić information content (AvgIpc) is 2.93. The van der Waals surface area contributed by atoms with E-state index in [0.29, 0.717) is 12.0 Å². The number of nitrogens with zero attached hydrogens (tertiary/aromatic N) is 3. The number of carbonyl (C=O) groups is 1. The Balaban J connectivity index is 1.36. The Morgan fingerprint density at radius 2 is 1.49 bits per heavy atom. The zero-order chi connectivity index (χ0) is 24.0. The van der Waals surface area contributed by atoms with Crippen LogP contribution in [-0.4, -0.2) is 54.8 Å². The molecule has 35 heavy (non-hydrogen) atoms. The zero-order valence-electron chi connectivity index (χ0n) is 19.7. The van der Waals surface area contributed by atoms with Crippen LogP contribution in [0.1, 0.15) is 15.9 Å². The van der Waals surface area contributed by atoms with Gasteiger partial charge in [0, 0.05) is 37.3 Å². The molecule has 0 spiro atoms. The number of para-hydroxylation sites is 2. The minimum atomic E-state index is -0.366. The molecule has 2 N–H and O–H groups in total. The maximum Gasteiger partial charge on any atom is 0.252 e. The molecule has 178 valence electrons. The number of amides is 1. The highest BCUT2D eigenvalue weighted by Crippen LogP contribution is 2.25. The molecule has 1 saturated heterocycles. The summed E-state index contributed by atoms with van der Waals surface area (Å²) in [4.78, 5) is 22.9. The SMILES string of the molecule is O=C(N[C@H](CO)Cc1ccccc1)c1cc(N2CCN(c3ccccc3)CC2)nc2ccccc12. The third-order valence-corrected chi connectivity index (χ3v) is 6.55. The van der Waals surface area contributed by atoms with E-state index in [1.165, 1.54) is 5.69 Å². The predicted octanol–water partition coefficient (Wildman–Crippen LogP) is 3.89. The fourth-order valence-corrected chi connectivity index (χ4v) is 4.67. The maximum atomic E-state index is 13.4. The number of piperazine rings is 1. The third kappa shape index (κ3) is 5.28. The zero-order valence-corrected chi connectivity index (χ0v) is 19.7. The first-order chi connectivity index (χ1) is 17.2. The Labute approximate surface area is 205 Å². The first-order valence-corrected chi connectivity index (χ1v) is 12.1. The van der Waals surface area contributed by atoms with Crippen molar-refractivity contribution in [3.8, 4) is 0 Å². The van der Waals surface area contributed by atoms with Crippen LogP contribution in [0.4, 0.5) is 11.5 Å². The molecule has 0 aliphatic carbocycles. The van der Waals surface area contributed by atoms with Gasteiger partial charge in [-0.15, -0.1) is 0 Å². The highest BCUT2D eigenvalue weighted by molar-refractivity contribution is 6.07. The van der Waals surface area contributed by atoms with E-state index in [1.807, 2.05) is 66.7 Å². The molecule has 2 heterocycles. The molecule has 0 bridgehead atoms. The van der Waals surface area contributed by atoms with Crippen LogP contribution < -0.4 is 15.1 Å². The van der Waals surface area contributed by atoms with Gasteiger partial charge in [0.2, 0.25) is 0 Å². The smallest absolute Gasteiger partial charge is 0.252 e. The molecule has 5 rings (SSSR count). The van der Waals surface area contributed by atoms with Gasteiger partial charge in [0.1, 0.15) is 5.82 Å². The highest BCUT2D eigenvalue weighted by atomic mass is 16.3. The van der Waals surface area contributed by atoms with Gasteiger partial charge >= 0.3 is 0 Å². The number of aliphatic hydroxyl groups excluding tert-OH is 1. The van der Waals surface area contributed by atoms with Crippen LogP contribution in [0.15, 0.2) is 91.0 Å². The van der Waals surface area contributed by atoms with Gasteiger partial charge < -0.3 is 20.2 Å². The first kappa shape index (κ1) is 22.9. The van der Waals surface area contributed by atoms with Crippen LogP contribution in [-0.2, 0) is 6.42 Å². The highest BCUT2D eigenvalue weighted by Gasteiger charge is 2.22. The molecular formula is C29H30N4O2. The lowest BCUT2D eigenvalue weighted by Gasteiger charge is -2.37. The summed E-state index contributed by atoms with van der Waals surface area (Å²) in [6.45, 7) is 3.31. The van der Waals surface area contributed by atoms with Crippen molar-refractivity contribution < 1.29 is 9.90 Å². The van der Waals surface area contributed by atoms with Crippen LogP contribution in [0.3, 0.4) is 0 Å². The molecule has 1 amide bonds. The summed E-state index contributed by atoms with van der Waals surface area (Å²) >= 11 is 0. The fourth-order valence-electron chi connectivity index (χ4n) is 4.67. The largest absolute Gasteiger partial charge is 0.394 e. The molecule has 1 aliphatic heterocycles. The third-order valence-electron chi connectivity index (χ3n) is 6.55. The molecule has 1 aromatic heterocycles. The number of rotatable bonds is 7. The molecule has 6 heteroatoms. The minimum absolute atomic E-state index is 0.127. The Kier molecular flexibility index (Phi) is 6.91. The summed E-state index contributed by atoms with van der Waals surface area (Å²) in [5, 5.41) is 13.8. The average molecular weight is 467 g/mol. The normalized spacial score (nSPS) is 14.7.